The first-order chi connectivity index (χ1) is 12.7. The van der Waals surface area contributed by atoms with E-state index in [1.54, 1.807) is 18.6 Å². The summed E-state index contributed by atoms with van der Waals surface area (Å²) in [5.41, 5.74) is 2.04. The molecule has 0 spiro atoms. The number of nitrogens with zero attached hydrogens (tertiary/aromatic N) is 5. The normalized spacial score (nSPS) is 14.2. The van der Waals surface area contributed by atoms with Crippen LogP contribution in [0.2, 0.25) is 0 Å². The summed E-state index contributed by atoms with van der Waals surface area (Å²) >= 11 is 0. The van der Waals surface area contributed by atoms with E-state index in [1.165, 1.54) is 18.2 Å². The van der Waals surface area contributed by atoms with Gasteiger partial charge in [-0.2, -0.15) is 5.10 Å². The minimum absolute atomic E-state index is 0.116. The number of halogens is 2. The standard InChI is InChI=1S/C18H18F2N6/c19-16-2-1-3-17(20)15(16)12-25-6-7-26-14(11-25)8-13(24-26)9-23-18-10-21-4-5-22-18/h1-5,8,10H,6-7,9,11-12H2,(H,22,23). The maximum atomic E-state index is 13.9. The number of rotatable bonds is 5. The average molecular weight is 356 g/mol. The van der Waals surface area contributed by atoms with Gasteiger partial charge in [-0.15, -0.1) is 0 Å². The van der Waals surface area contributed by atoms with Crippen LogP contribution in [0.5, 0.6) is 0 Å². The number of hydrogen-bond donors (Lipinski definition) is 1. The van der Waals surface area contributed by atoms with Gasteiger partial charge in [0.1, 0.15) is 17.5 Å². The zero-order chi connectivity index (χ0) is 17.9. The summed E-state index contributed by atoms with van der Waals surface area (Å²) < 4.78 is 29.7. The number of anilines is 1. The lowest BCUT2D eigenvalue weighted by Gasteiger charge is -2.27. The molecule has 0 saturated carbocycles. The highest BCUT2D eigenvalue weighted by Gasteiger charge is 2.20. The van der Waals surface area contributed by atoms with Crippen LogP contribution < -0.4 is 5.32 Å². The Morgan fingerprint density at radius 3 is 2.73 bits per heavy atom. The highest BCUT2D eigenvalue weighted by molar-refractivity contribution is 5.31. The fourth-order valence-corrected chi connectivity index (χ4v) is 3.08. The zero-order valence-electron chi connectivity index (χ0n) is 14.1. The third-order valence-corrected chi connectivity index (χ3v) is 4.38. The molecule has 6 nitrogen and oxygen atoms in total. The molecule has 0 saturated heterocycles. The third kappa shape index (κ3) is 3.55. The number of benzene rings is 1. The Balaban J connectivity index is 1.42. The predicted octanol–water partition coefficient (Wildman–Crippen LogP) is 2.58. The lowest BCUT2D eigenvalue weighted by atomic mass is 10.1. The van der Waals surface area contributed by atoms with Crippen LogP contribution in [0, 0.1) is 11.6 Å². The van der Waals surface area contributed by atoms with Crippen LogP contribution in [0.15, 0.2) is 42.9 Å². The number of fused-ring (bicyclic) bond motifs is 1. The second-order valence-corrected chi connectivity index (χ2v) is 6.21. The smallest absolute Gasteiger partial charge is 0.144 e. The van der Waals surface area contributed by atoms with Gasteiger partial charge in [0.25, 0.3) is 0 Å². The third-order valence-electron chi connectivity index (χ3n) is 4.38. The minimum Gasteiger partial charge on any atom is -0.363 e. The monoisotopic (exact) mass is 356 g/mol. The summed E-state index contributed by atoms with van der Waals surface area (Å²) in [6.07, 6.45) is 4.90. The van der Waals surface area contributed by atoms with Gasteiger partial charge in [0.15, 0.2) is 0 Å². The largest absolute Gasteiger partial charge is 0.363 e. The molecule has 1 aliphatic heterocycles. The van der Waals surface area contributed by atoms with Crippen LogP contribution in [0.4, 0.5) is 14.6 Å². The predicted molar refractivity (Wildman–Crippen MR) is 92.1 cm³/mol. The molecule has 8 heteroatoms. The number of aromatic nitrogens is 4. The summed E-state index contributed by atoms with van der Waals surface area (Å²) in [6.45, 7) is 2.78. The second kappa shape index (κ2) is 7.17. The minimum atomic E-state index is -0.502. The van der Waals surface area contributed by atoms with Crippen molar-refractivity contribution in [3.63, 3.8) is 0 Å². The van der Waals surface area contributed by atoms with E-state index in [0.717, 1.165) is 11.4 Å². The lowest BCUT2D eigenvalue weighted by molar-refractivity contribution is 0.200. The molecule has 0 radical (unpaired) electrons. The molecular weight excluding hydrogens is 338 g/mol. The molecule has 3 aromatic rings. The topological polar surface area (TPSA) is 58.9 Å². The zero-order valence-corrected chi connectivity index (χ0v) is 14.1. The van der Waals surface area contributed by atoms with Crippen LogP contribution in [0.25, 0.3) is 0 Å². The van der Waals surface area contributed by atoms with Crippen LogP contribution in [-0.2, 0) is 26.2 Å². The molecule has 3 heterocycles. The summed E-state index contributed by atoms with van der Waals surface area (Å²) in [5, 5.41) is 7.75. The van der Waals surface area contributed by atoms with Crippen LogP contribution in [0.1, 0.15) is 17.0 Å². The quantitative estimate of drug-likeness (QED) is 0.761. The lowest BCUT2D eigenvalue weighted by Crippen LogP contribution is -2.33. The molecular formula is C18H18F2N6. The highest BCUT2D eigenvalue weighted by Crippen LogP contribution is 2.20. The molecule has 0 amide bonds. The van der Waals surface area contributed by atoms with Gasteiger partial charge in [-0.05, 0) is 18.2 Å². The van der Waals surface area contributed by atoms with Gasteiger partial charge in [-0.3, -0.25) is 14.6 Å². The van der Waals surface area contributed by atoms with Crippen LogP contribution >= 0.6 is 0 Å². The van der Waals surface area contributed by atoms with E-state index >= 15 is 0 Å². The molecule has 0 atom stereocenters. The molecule has 0 unspecified atom stereocenters. The van der Waals surface area contributed by atoms with Gasteiger partial charge in [0, 0.05) is 37.6 Å². The van der Waals surface area contributed by atoms with E-state index in [1.807, 2.05) is 15.6 Å². The van der Waals surface area contributed by atoms with Crippen molar-refractivity contribution in [2.45, 2.75) is 26.2 Å². The highest BCUT2D eigenvalue weighted by atomic mass is 19.1. The van der Waals surface area contributed by atoms with Gasteiger partial charge in [-0.25, -0.2) is 13.8 Å². The van der Waals surface area contributed by atoms with E-state index in [9.17, 15) is 8.78 Å². The summed E-state index contributed by atoms with van der Waals surface area (Å²) in [7, 11) is 0. The molecule has 4 rings (SSSR count). The van der Waals surface area contributed by atoms with Crippen LogP contribution in [-0.4, -0.2) is 31.2 Å². The van der Waals surface area contributed by atoms with Crippen molar-refractivity contribution in [3.05, 3.63) is 71.4 Å². The molecule has 2 aromatic heterocycles. The van der Waals surface area contributed by atoms with Crippen molar-refractivity contribution >= 4 is 5.82 Å². The van der Waals surface area contributed by atoms with Crippen LogP contribution in [0.3, 0.4) is 0 Å². The first-order valence-corrected chi connectivity index (χ1v) is 8.40. The molecule has 0 aliphatic carbocycles. The van der Waals surface area contributed by atoms with Gasteiger partial charge >= 0.3 is 0 Å². The van der Waals surface area contributed by atoms with Crippen molar-refractivity contribution in [2.24, 2.45) is 0 Å². The van der Waals surface area contributed by atoms with E-state index in [-0.39, 0.29) is 12.1 Å². The Kier molecular flexibility index (Phi) is 4.57. The number of nitrogens with one attached hydrogen (secondary N) is 1. The average Bonchev–Trinajstić information content (AvgIpc) is 3.06. The molecule has 0 bridgehead atoms. The molecule has 1 aromatic carbocycles. The van der Waals surface area contributed by atoms with Crippen molar-refractivity contribution in [1.82, 2.24) is 24.6 Å². The fourth-order valence-electron chi connectivity index (χ4n) is 3.08. The van der Waals surface area contributed by atoms with Gasteiger partial charge in [-0.1, -0.05) is 6.07 Å². The SMILES string of the molecule is Fc1cccc(F)c1CN1CCn2nc(CNc3cnccn3)cc2C1. The maximum absolute atomic E-state index is 13.9. The van der Waals surface area contributed by atoms with Gasteiger partial charge < -0.3 is 5.32 Å². The molecule has 1 aliphatic rings. The molecule has 1 N–H and O–H groups in total. The fraction of sp³-hybridized carbons (Fsp3) is 0.278. The Hall–Kier alpha value is -2.87. The second-order valence-electron chi connectivity index (χ2n) is 6.21. The van der Waals surface area contributed by atoms with E-state index < -0.39 is 11.6 Å². The van der Waals surface area contributed by atoms with E-state index in [2.05, 4.69) is 20.4 Å². The van der Waals surface area contributed by atoms with Crippen molar-refractivity contribution in [3.8, 4) is 0 Å². The summed E-state index contributed by atoms with van der Waals surface area (Å²) in [5.74, 6) is -0.314. The van der Waals surface area contributed by atoms with E-state index in [0.29, 0.717) is 32.0 Å². The molecule has 134 valence electrons. The number of hydrogen-bond acceptors (Lipinski definition) is 5. The Morgan fingerprint density at radius 1 is 1.12 bits per heavy atom. The van der Waals surface area contributed by atoms with E-state index in [4.69, 9.17) is 0 Å². The Morgan fingerprint density at radius 2 is 1.96 bits per heavy atom. The van der Waals surface area contributed by atoms with Crippen molar-refractivity contribution in [1.29, 1.82) is 0 Å². The maximum Gasteiger partial charge on any atom is 0.144 e. The first-order valence-electron chi connectivity index (χ1n) is 8.40. The van der Waals surface area contributed by atoms with Gasteiger partial charge in [0.2, 0.25) is 0 Å². The molecule has 0 fully saturated rings. The first kappa shape index (κ1) is 16.6. The van der Waals surface area contributed by atoms with Crippen molar-refractivity contribution < 1.29 is 8.78 Å². The Bertz CT molecular complexity index is 876. The summed E-state index contributed by atoms with van der Waals surface area (Å²) in [4.78, 5) is 10.2. The molecule has 26 heavy (non-hydrogen) atoms. The van der Waals surface area contributed by atoms with Gasteiger partial charge in [0.05, 0.1) is 30.7 Å². The Labute approximate surface area is 149 Å². The van der Waals surface area contributed by atoms with Crippen molar-refractivity contribution in [2.75, 3.05) is 11.9 Å². The summed E-state index contributed by atoms with van der Waals surface area (Å²) in [6, 6.07) is 5.98.